The number of anilines is 1. The number of nitrogens with two attached hydrogens (primary N) is 1. The van der Waals surface area contributed by atoms with Crippen molar-refractivity contribution in [1.82, 2.24) is 0 Å². The Balaban J connectivity index is 3.20. The van der Waals surface area contributed by atoms with Crippen molar-refractivity contribution in [3.63, 3.8) is 0 Å². The van der Waals surface area contributed by atoms with E-state index >= 15 is 0 Å². The molecule has 1 rings (SSSR count). The molecule has 18 heavy (non-hydrogen) atoms. The van der Waals surface area contributed by atoms with Gasteiger partial charge in [-0.2, -0.15) is 0 Å². The van der Waals surface area contributed by atoms with E-state index in [0.29, 0.717) is 12.2 Å². The first-order chi connectivity index (χ1) is 8.49. The lowest BCUT2D eigenvalue weighted by molar-refractivity contribution is -0.384. The molecule has 0 aromatic heterocycles. The Labute approximate surface area is 108 Å². The van der Waals surface area contributed by atoms with Gasteiger partial charge in [-0.1, -0.05) is 26.0 Å². The number of aryl methyl sites for hydroxylation is 1. The molecule has 0 unspecified atom stereocenters. The first kappa shape index (κ1) is 14.4. The first-order valence-electron chi connectivity index (χ1n) is 6.22. The zero-order valence-corrected chi connectivity index (χ0v) is 11.2. The van der Waals surface area contributed by atoms with E-state index in [1.807, 2.05) is 26.8 Å². The Morgan fingerprint density at radius 3 is 2.44 bits per heavy atom. The van der Waals surface area contributed by atoms with Crippen molar-refractivity contribution < 1.29 is 4.92 Å². The minimum Gasteiger partial charge on any atom is -0.373 e. The number of rotatable bonds is 6. The van der Waals surface area contributed by atoms with Gasteiger partial charge in [-0.25, -0.2) is 0 Å². The lowest BCUT2D eigenvalue weighted by Gasteiger charge is -2.33. The van der Waals surface area contributed by atoms with E-state index in [1.54, 1.807) is 6.07 Å². The van der Waals surface area contributed by atoms with Crippen LogP contribution in [0.2, 0.25) is 0 Å². The predicted octanol–water partition coefficient (Wildman–Crippen LogP) is 2.83. The summed E-state index contributed by atoms with van der Waals surface area (Å²) in [6.07, 6.45) is 1.65. The summed E-state index contributed by atoms with van der Waals surface area (Å²) in [6.45, 7) is 6.38. The molecule has 1 aromatic rings. The molecule has 100 valence electrons. The fourth-order valence-electron chi connectivity index (χ4n) is 2.00. The minimum absolute atomic E-state index is 0.106. The first-order valence-corrected chi connectivity index (χ1v) is 6.22. The summed E-state index contributed by atoms with van der Waals surface area (Å²) in [6, 6.07) is 5.07. The zero-order valence-electron chi connectivity index (χ0n) is 11.2. The number of nitro groups is 1. The van der Waals surface area contributed by atoms with Crippen molar-refractivity contribution in [2.75, 3.05) is 11.9 Å². The third-order valence-electron chi connectivity index (χ3n) is 3.58. The Hall–Kier alpha value is -1.62. The molecular formula is C13H21N3O2. The van der Waals surface area contributed by atoms with Crippen LogP contribution in [-0.2, 0) is 0 Å². The molecule has 0 aliphatic heterocycles. The highest BCUT2D eigenvalue weighted by molar-refractivity contribution is 5.67. The van der Waals surface area contributed by atoms with Gasteiger partial charge < -0.3 is 11.1 Å². The van der Waals surface area contributed by atoms with Crippen molar-refractivity contribution in [3.8, 4) is 0 Å². The average molecular weight is 251 g/mol. The van der Waals surface area contributed by atoms with Crippen molar-refractivity contribution in [2.45, 2.75) is 39.2 Å². The molecule has 0 aliphatic carbocycles. The molecule has 0 heterocycles. The van der Waals surface area contributed by atoms with Crippen LogP contribution in [0, 0.1) is 17.0 Å². The third-order valence-corrected chi connectivity index (χ3v) is 3.58. The van der Waals surface area contributed by atoms with Crippen LogP contribution in [0.15, 0.2) is 18.2 Å². The maximum absolute atomic E-state index is 11.1. The maximum Gasteiger partial charge on any atom is 0.292 e. The van der Waals surface area contributed by atoms with Gasteiger partial charge in [0.25, 0.3) is 5.69 Å². The van der Waals surface area contributed by atoms with Gasteiger partial charge in [0.1, 0.15) is 5.69 Å². The topological polar surface area (TPSA) is 81.2 Å². The fourth-order valence-corrected chi connectivity index (χ4v) is 2.00. The molecule has 0 bridgehead atoms. The molecule has 0 radical (unpaired) electrons. The van der Waals surface area contributed by atoms with E-state index < -0.39 is 0 Å². The number of hydrogen-bond acceptors (Lipinski definition) is 4. The Morgan fingerprint density at radius 2 is 2.00 bits per heavy atom. The van der Waals surface area contributed by atoms with Gasteiger partial charge in [-0.3, -0.25) is 10.1 Å². The highest BCUT2D eigenvalue weighted by Crippen LogP contribution is 2.32. The van der Waals surface area contributed by atoms with Crippen molar-refractivity contribution in [3.05, 3.63) is 33.9 Å². The standard InChI is InChI=1S/C13H21N3O2/c1-4-13(5-2,9-14)15-12-10(3)7-6-8-11(12)16(17)18/h6-8,15H,4-5,9,14H2,1-3H3. The molecule has 1 aromatic carbocycles. The van der Waals surface area contributed by atoms with Gasteiger partial charge in [-0.15, -0.1) is 0 Å². The van der Waals surface area contributed by atoms with Crippen LogP contribution in [0.25, 0.3) is 0 Å². The zero-order chi connectivity index (χ0) is 13.8. The van der Waals surface area contributed by atoms with Crippen molar-refractivity contribution >= 4 is 11.4 Å². The molecule has 0 amide bonds. The second kappa shape index (κ2) is 5.82. The molecule has 0 saturated carbocycles. The molecule has 3 N–H and O–H groups in total. The van der Waals surface area contributed by atoms with E-state index in [0.717, 1.165) is 18.4 Å². The molecule has 0 atom stereocenters. The summed E-state index contributed by atoms with van der Waals surface area (Å²) in [5.41, 5.74) is 7.09. The largest absolute Gasteiger partial charge is 0.373 e. The number of benzene rings is 1. The summed E-state index contributed by atoms with van der Waals surface area (Å²) in [5.74, 6) is 0. The molecule has 0 aliphatic rings. The minimum atomic E-state index is -0.359. The summed E-state index contributed by atoms with van der Waals surface area (Å²) >= 11 is 0. The van der Waals surface area contributed by atoms with Crippen molar-refractivity contribution in [1.29, 1.82) is 0 Å². The second-order valence-corrected chi connectivity index (χ2v) is 4.54. The van der Waals surface area contributed by atoms with E-state index in [1.165, 1.54) is 6.07 Å². The highest BCUT2D eigenvalue weighted by atomic mass is 16.6. The van der Waals surface area contributed by atoms with Gasteiger partial charge in [-0.05, 0) is 25.3 Å². The van der Waals surface area contributed by atoms with Crippen LogP contribution in [0.4, 0.5) is 11.4 Å². The Bertz CT molecular complexity index is 420. The van der Waals surface area contributed by atoms with Crippen LogP contribution >= 0.6 is 0 Å². The lowest BCUT2D eigenvalue weighted by Crippen LogP contribution is -2.44. The number of nitrogens with one attached hydrogen (secondary N) is 1. The van der Waals surface area contributed by atoms with E-state index in [4.69, 9.17) is 5.73 Å². The maximum atomic E-state index is 11.1. The average Bonchev–Trinajstić information content (AvgIpc) is 2.37. The van der Waals surface area contributed by atoms with E-state index in [2.05, 4.69) is 5.32 Å². The fraction of sp³-hybridized carbons (Fsp3) is 0.538. The van der Waals surface area contributed by atoms with Gasteiger partial charge in [0.05, 0.1) is 4.92 Å². The summed E-state index contributed by atoms with van der Waals surface area (Å²) in [7, 11) is 0. The highest BCUT2D eigenvalue weighted by Gasteiger charge is 2.28. The monoisotopic (exact) mass is 251 g/mol. The normalized spacial score (nSPS) is 11.3. The van der Waals surface area contributed by atoms with Gasteiger partial charge >= 0.3 is 0 Å². The van der Waals surface area contributed by atoms with Crippen molar-refractivity contribution in [2.24, 2.45) is 5.73 Å². The third kappa shape index (κ3) is 2.79. The van der Waals surface area contributed by atoms with E-state index in [9.17, 15) is 10.1 Å². The number of hydrogen-bond donors (Lipinski definition) is 2. The Morgan fingerprint density at radius 1 is 1.39 bits per heavy atom. The van der Waals surface area contributed by atoms with Gasteiger partial charge in [0.2, 0.25) is 0 Å². The van der Waals surface area contributed by atoms with Crippen LogP contribution < -0.4 is 11.1 Å². The van der Waals surface area contributed by atoms with Crippen LogP contribution in [0.3, 0.4) is 0 Å². The molecule has 5 heteroatoms. The van der Waals surface area contributed by atoms with Crippen LogP contribution in [0.1, 0.15) is 32.3 Å². The van der Waals surface area contributed by atoms with Crippen LogP contribution in [0.5, 0.6) is 0 Å². The van der Waals surface area contributed by atoms with Gasteiger partial charge in [0, 0.05) is 18.2 Å². The number of nitro benzene ring substituents is 1. The quantitative estimate of drug-likeness (QED) is 0.601. The predicted molar refractivity (Wildman–Crippen MR) is 73.8 cm³/mol. The Kier molecular flexibility index (Phi) is 4.67. The molecule has 0 saturated heterocycles. The van der Waals surface area contributed by atoms with E-state index in [-0.39, 0.29) is 16.1 Å². The second-order valence-electron chi connectivity index (χ2n) is 4.54. The summed E-state index contributed by atoms with van der Waals surface area (Å²) < 4.78 is 0. The summed E-state index contributed by atoms with van der Waals surface area (Å²) in [4.78, 5) is 10.7. The molecule has 0 fully saturated rings. The lowest BCUT2D eigenvalue weighted by atomic mass is 9.92. The SMILES string of the molecule is CCC(CC)(CN)Nc1c(C)cccc1[N+](=O)[O-]. The molecule has 0 spiro atoms. The number of para-hydroxylation sites is 1. The smallest absolute Gasteiger partial charge is 0.292 e. The van der Waals surface area contributed by atoms with Crippen LogP contribution in [-0.4, -0.2) is 17.0 Å². The molecule has 5 nitrogen and oxygen atoms in total. The molecular weight excluding hydrogens is 230 g/mol. The summed E-state index contributed by atoms with van der Waals surface area (Å²) in [5, 5.41) is 14.4. The van der Waals surface area contributed by atoms with Gasteiger partial charge in [0.15, 0.2) is 0 Å². The number of nitrogens with zero attached hydrogens (tertiary/aromatic N) is 1.